The van der Waals surface area contributed by atoms with E-state index >= 15 is 0 Å². The van der Waals surface area contributed by atoms with Crippen LogP contribution in [0.15, 0.2) is 164 Å². The first-order valence-corrected chi connectivity index (χ1v) is 29.2. The third-order valence-corrected chi connectivity index (χ3v) is 19.5. The standard InChI is InChI=1S/C71H72BN3S/c1-10-11-15-22-45-29-32-48(33-30-45)73-59-43-57-55(68(2,3)35-37-70(57,6)7)40-51(59)52-42-61(74(49-25-18-13-19-26-49)50-27-20-14-21-28-50)63-53-41-56-58(71(8,9)38-36-69(56,4)5)44-60(53)75-65-54-39-47(46-23-16-12-17-24-46)31-34-62(54)76-67(65)72-64(52)66(63)75/h12-14,16-21,23-34,39-44,72-73H,10-11,15,22,35-38H2,1-9H3. The van der Waals surface area contributed by atoms with Gasteiger partial charge in [0.15, 0.2) is 0 Å². The number of nitrogens with zero attached hydrogens (tertiary/aromatic N) is 2. The minimum atomic E-state index is 0.00519. The van der Waals surface area contributed by atoms with Gasteiger partial charge in [-0.1, -0.05) is 160 Å². The van der Waals surface area contributed by atoms with Gasteiger partial charge < -0.3 is 14.8 Å². The van der Waals surface area contributed by atoms with E-state index in [1.807, 2.05) is 11.3 Å². The highest BCUT2D eigenvalue weighted by molar-refractivity contribution is 7.29. The van der Waals surface area contributed by atoms with Crippen molar-refractivity contribution < 1.29 is 0 Å². The Bertz CT molecular complexity index is 3840. The maximum Gasteiger partial charge on any atom is 0.211 e. The minimum Gasteiger partial charge on any atom is -0.355 e. The molecule has 2 aliphatic carbocycles. The van der Waals surface area contributed by atoms with Crippen molar-refractivity contribution in [1.82, 2.24) is 4.57 Å². The number of aromatic nitrogens is 1. The molecule has 0 fully saturated rings. The Balaban J connectivity index is 1.19. The van der Waals surface area contributed by atoms with Gasteiger partial charge in [-0.15, -0.1) is 11.3 Å². The average Bonchev–Trinajstić information content (AvgIpc) is 4.11. The van der Waals surface area contributed by atoms with Gasteiger partial charge in [-0.3, -0.25) is 0 Å². The van der Waals surface area contributed by atoms with Gasteiger partial charge in [-0.25, -0.2) is 0 Å². The third-order valence-electron chi connectivity index (χ3n) is 18.3. The molecule has 3 nitrogen and oxygen atoms in total. The summed E-state index contributed by atoms with van der Waals surface area (Å²) >= 11 is 1.99. The second kappa shape index (κ2) is 18.2. The highest BCUT2D eigenvalue weighted by Crippen LogP contribution is 2.54. The van der Waals surface area contributed by atoms with Crippen LogP contribution in [0, 0.1) is 0 Å². The van der Waals surface area contributed by atoms with E-state index in [1.54, 1.807) is 0 Å². The van der Waals surface area contributed by atoms with Crippen LogP contribution in [0.25, 0.3) is 59.8 Å². The van der Waals surface area contributed by atoms with E-state index in [0.29, 0.717) is 0 Å². The van der Waals surface area contributed by atoms with E-state index in [1.165, 1.54) is 129 Å². The van der Waals surface area contributed by atoms with Crippen LogP contribution < -0.4 is 20.5 Å². The molecule has 10 aromatic rings. The predicted octanol–water partition coefficient (Wildman–Crippen LogP) is 18.7. The zero-order valence-electron chi connectivity index (χ0n) is 46.3. The Kier molecular flexibility index (Phi) is 11.7. The highest BCUT2D eigenvalue weighted by Gasteiger charge is 2.42. The zero-order chi connectivity index (χ0) is 52.3. The molecule has 1 N–H and O–H groups in total. The summed E-state index contributed by atoms with van der Waals surface area (Å²) in [6, 6.07) is 62.9. The van der Waals surface area contributed by atoms with Crippen LogP contribution in [0.1, 0.15) is 135 Å². The first kappa shape index (κ1) is 48.8. The van der Waals surface area contributed by atoms with Crippen LogP contribution in [-0.2, 0) is 28.1 Å². The molecule has 8 aromatic carbocycles. The Morgan fingerprint density at radius 3 is 1.75 bits per heavy atom. The lowest BCUT2D eigenvalue weighted by atomic mass is 9.61. The molecule has 0 spiro atoms. The number of unbranched alkanes of at least 4 members (excludes halogenated alkanes) is 2. The molecule has 1 aliphatic heterocycles. The lowest BCUT2D eigenvalue weighted by Crippen LogP contribution is -2.36. The van der Waals surface area contributed by atoms with Crippen molar-refractivity contribution >= 4 is 89.2 Å². The van der Waals surface area contributed by atoms with E-state index in [0.717, 1.165) is 56.4 Å². The summed E-state index contributed by atoms with van der Waals surface area (Å²) in [5.41, 5.74) is 23.6. The van der Waals surface area contributed by atoms with Gasteiger partial charge >= 0.3 is 0 Å². The summed E-state index contributed by atoms with van der Waals surface area (Å²) in [5.74, 6) is 0. The van der Waals surface area contributed by atoms with E-state index < -0.39 is 0 Å². The van der Waals surface area contributed by atoms with Crippen LogP contribution in [0.3, 0.4) is 0 Å². The number of benzene rings is 8. The van der Waals surface area contributed by atoms with Gasteiger partial charge in [0.25, 0.3) is 0 Å². The topological polar surface area (TPSA) is 20.2 Å². The van der Waals surface area contributed by atoms with Crippen LogP contribution >= 0.6 is 11.3 Å². The number of hydrogen-bond donors (Lipinski definition) is 1. The largest absolute Gasteiger partial charge is 0.355 e. The van der Waals surface area contributed by atoms with Crippen LogP contribution in [0.4, 0.5) is 28.4 Å². The van der Waals surface area contributed by atoms with Gasteiger partial charge in [-0.2, -0.15) is 0 Å². The molecule has 0 atom stereocenters. The lowest BCUT2D eigenvalue weighted by molar-refractivity contribution is 0.332. The Morgan fingerprint density at radius 2 is 1.13 bits per heavy atom. The number of anilines is 5. The molecular weight excluding hydrogens is 938 g/mol. The average molecular weight is 1010 g/mol. The molecule has 0 radical (unpaired) electrons. The fraction of sp³-hybridized carbons (Fsp3) is 0.296. The first-order valence-electron chi connectivity index (χ1n) is 28.4. The van der Waals surface area contributed by atoms with Crippen LogP contribution in [0.5, 0.6) is 0 Å². The smallest absolute Gasteiger partial charge is 0.211 e. The maximum atomic E-state index is 4.15. The number of thiophene rings is 1. The number of aryl methyl sites for hydroxylation is 1. The SMILES string of the molecule is CCCCCc1ccc(Nc2cc3c(cc2-c2cc(N(c4ccccc4)c4ccccc4)c4c5cc6c(cc5n5c4c2Bc2sc4ccc(-c7ccccc7)cc4c2-5)C(C)(C)CCC6(C)C)C(C)(C)CCC3(C)C)cc1. The normalized spacial score (nSPS) is 16.5. The predicted molar refractivity (Wildman–Crippen MR) is 332 cm³/mol. The lowest BCUT2D eigenvalue weighted by Gasteiger charge is -2.42. The second-order valence-corrected chi connectivity index (χ2v) is 26.4. The molecule has 0 unspecified atom stereocenters. The molecule has 3 heterocycles. The van der Waals surface area contributed by atoms with Crippen molar-refractivity contribution in [3.63, 3.8) is 0 Å². The number of hydrogen-bond acceptors (Lipinski definition) is 3. The van der Waals surface area contributed by atoms with Gasteiger partial charge in [0.2, 0.25) is 7.28 Å². The van der Waals surface area contributed by atoms with Crippen molar-refractivity contribution in [2.75, 3.05) is 10.2 Å². The van der Waals surface area contributed by atoms with Crippen molar-refractivity contribution in [3.05, 3.63) is 192 Å². The molecule has 2 aromatic heterocycles. The first-order chi connectivity index (χ1) is 36.6. The molecule has 13 rings (SSSR count). The number of nitrogens with one attached hydrogen (secondary N) is 1. The zero-order valence-corrected chi connectivity index (χ0v) is 47.1. The Labute approximate surface area is 456 Å². The summed E-state index contributed by atoms with van der Waals surface area (Å²) in [4.78, 5) is 2.56. The molecule has 5 heteroatoms. The molecule has 380 valence electrons. The Hall–Kier alpha value is -6.82. The number of fused-ring (bicyclic) bond motifs is 9. The third kappa shape index (κ3) is 8.05. The van der Waals surface area contributed by atoms with Crippen molar-refractivity contribution in [2.24, 2.45) is 0 Å². The summed E-state index contributed by atoms with van der Waals surface area (Å²) in [5, 5.41) is 8.13. The Morgan fingerprint density at radius 1 is 0.553 bits per heavy atom. The summed E-state index contributed by atoms with van der Waals surface area (Å²) in [6.07, 6.45) is 9.46. The van der Waals surface area contributed by atoms with E-state index in [-0.39, 0.29) is 21.7 Å². The molecule has 76 heavy (non-hydrogen) atoms. The fourth-order valence-corrected chi connectivity index (χ4v) is 14.8. The number of rotatable bonds is 11. The number of para-hydroxylation sites is 2. The summed E-state index contributed by atoms with van der Waals surface area (Å²) in [6.45, 7) is 22.1. The quantitative estimate of drug-likeness (QED) is 0.103. The van der Waals surface area contributed by atoms with E-state index in [4.69, 9.17) is 0 Å². The van der Waals surface area contributed by atoms with Gasteiger partial charge in [0.1, 0.15) is 0 Å². The maximum absolute atomic E-state index is 4.15. The molecule has 0 saturated heterocycles. The van der Waals surface area contributed by atoms with Crippen LogP contribution in [-0.4, -0.2) is 11.8 Å². The van der Waals surface area contributed by atoms with Crippen molar-refractivity contribution in [2.45, 2.75) is 135 Å². The summed E-state index contributed by atoms with van der Waals surface area (Å²) < 4.78 is 5.53. The van der Waals surface area contributed by atoms with Crippen LogP contribution in [0.2, 0.25) is 0 Å². The minimum absolute atomic E-state index is 0.00519. The molecule has 0 bridgehead atoms. The van der Waals surface area contributed by atoms with Gasteiger partial charge in [0, 0.05) is 49.2 Å². The monoisotopic (exact) mass is 1010 g/mol. The molecule has 0 amide bonds. The highest BCUT2D eigenvalue weighted by atomic mass is 32.1. The van der Waals surface area contributed by atoms with Gasteiger partial charge in [-0.05, 0) is 194 Å². The molecular formula is C71H72BN3S. The van der Waals surface area contributed by atoms with E-state index in [9.17, 15) is 0 Å². The summed E-state index contributed by atoms with van der Waals surface area (Å²) in [7, 11) is 0.836. The van der Waals surface area contributed by atoms with Crippen molar-refractivity contribution in [1.29, 1.82) is 0 Å². The fourth-order valence-electron chi connectivity index (χ4n) is 13.6. The molecule has 0 saturated carbocycles. The molecule has 3 aliphatic rings. The van der Waals surface area contributed by atoms with Gasteiger partial charge in [0.05, 0.1) is 22.4 Å². The van der Waals surface area contributed by atoms with E-state index in [2.05, 4.69) is 241 Å². The van der Waals surface area contributed by atoms with Crippen molar-refractivity contribution in [3.8, 4) is 27.9 Å². The second-order valence-electron chi connectivity index (χ2n) is 25.3.